The summed E-state index contributed by atoms with van der Waals surface area (Å²) in [7, 11) is 0. The lowest BCUT2D eigenvalue weighted by molar-refractivity contribution is -0.116. The van der Waals surface area contributed by atoms with Gasteiger partial charge >= 0.3 is 0 Å². The summed E-state index contributed by atoms with van der Waals surface area (Å²) in [6.07, 6.45) is 9.06. The van der Waals surface area contributed by atoms with Crippen molar-refractivity contribution in [3.05, 3.63) is 30.7 Å². The number of anilines is 1. The molecule has 0 saturated carbocycles. The van der Waals surface area contributed by atoms with Gasteiger partial charge in [0, 0.05) is 30.4 Å². The van der Waals surface area contributed by atoms with E-state index in [1.54, 1.807) is 18.6 Å². The molecule has 0 bridgehead atoms. The zero-order valence-electron chi connectivity index (χ0n) is 12.8. The summed E-state index contributed by atoms with van der Waals surface area (Å²) in [6, 6.07) is 3.67. The van der Waals surface area contributed by atoms with E-state index in [0.29, 0.717) is 12.3 Å². The molecule has 3 heterocycles. The highest BCUT2D eigenvalue weighted by Crippen LogP contribution is 2.21. The van der Waals surface area contributed by atoms with E-state index in [2.05, 4.69) is 20.6 Å². The number of piperidine rings is 1. The molecule has 2 N–H and O–H groups in total. The normalized spacial score (nSPS) is 14.6. The SMILES string of the molecule is Cl.Cl.O=C(CCC1CCNCC1)Nc1ccnc2ccncc12. The molecule has 1 aliphatic rings. The highest BCUT2D eigenvalue weighted by Gasteiger charge is 2.15. The standard InChI is InChI=1S/C16H20N4O.2ClH/c21-16(2-1-12-3-7-17-8-4-12)20-15-6-10-19-14-5-9-18-11-13(14)15;;/h5-6,9-12,17H,1-4,7-8H2,(H,19,20,21);2*1H. The highest BCUT2D eigenvalue weighted by molar-refractivity contribution is 6.00. The third-order valence-corrected chi connectivity index (χ3v) is 4.06. The van der Waals surface area contributed by atoms with Crippen molar-refractivity contribution < 1.29 is 4.79 Å². The summed E-state index contributed by atoms with van der Waals surface area (Å²) >= 11 is 0. The van der Waals surface area contributed by atoms with E-state index < -0.39 is 0 Å². The average molecular weight is 357 g/mol. The van der Waals surface area contributed by atoms with Gasteiger partial charge in [0.25, 0.3) is 0 Å². The Bertz CT molecular complexity index is 627. The third kappa shape index (κ3) is 5.30. The van der Waals surface area contributed by atoms with Crippen LogP contribution in [-0.4, -0.2) is 29.0 Å². The summed E-state index contributed by atoms with van der Waals surface area (Å²) in [4.78, 5) is 20.5. The van der Waals surface area contributed by atoms with Crippen molar-refractivity contribution in [3.63, 3.8) is 0 Å². The first-order valence-electron chi connectivity index (χ1n) is 7.52. The summed E-state index contributed by atoms with van der Waals surface area (Å²) < 4.78 is 0. The summed E-state index contributed by atoms with van der Waals surface area (Å²) in [6.45, 7) is 2.15. The van der Waals surface area contributed by atoms with Crippen molar-refractivity contribution in [2.75, 3.05) is 18.4 Å². The van der Waals surface area contributed by atoms with Crippen LogP contribution in [0.15, 0.2) is 30.7 Å². The molecule has 0 unspecified atom stereocenters. The van der Waals surface area contributed by atoms with Crippen molar-refractivity contribution in [3.8, 4) is 0 Å². The maximum atomic E-state index is 12.1. The Morgan fingerprint density at radius 3 is 2.78 bits per heavy atom. The molecular formula is C16H22Cl2N4O. The van der Waals surface area contributed by atoms with Crippen molar-refractivity contribution in [1.82, 2.24) is 15.3 Å². The van der Waals surface area contributed by atoms with E-state index in [9.17, 15) is 4.79 Å². The average Bonchev–Trinajstić information content (AvgIpc) is 2.54. The maximum Gasteiger partial charge on any atom is 0.224 e. The molecule has 3 rings (SSSR count). The molecule has 126 valence electrons. The number of hydrogen-bond acceptors (Lipinski definition) is 4. The Hall–Kier alpha value is -1.43. The summed E-state index contributed by atoms with van der Waals surface area (Å²) in [5.74, 6) is 0.748. The van der Waals surface area contributed by atoms with Crippen LogP contribution in [0.3, 0.4) is 0 Å². The van der Waals surface area contributed by atoms with Crippen LogP contribution < -0.4 is 10.6 Å². The Morgan fingerprint density at radius 2 is 2.00 bits per heavy atom. The van der Waals surface area contributed by atoms with Crippen LogP contribution in [0.5, 0.6) is 0 Å². The zero-order valence-corrected chi connectivity index (χ0v) is 14.5. The van der Waals surface area contributed by atoms with Crippen molar-refractivity contribution in [2.45, 2.75) is 25.7 Å². The number of pyridine rings is 2. The molecule has 2 aromatic rings. The van der Waals surface area contributed by atoms with Gasteiger partial charge in [-0.2, -0.15) is 0 Å². The maximum absolute atomic E-state index is 12.1. The van der Waals surface area contributed by atoms with Gasteiger partial charge in [0.05, 0.1) is 11.2 Å². The molecule has 1 saturated heterocycles. The first kappa shape index (κ1) is 19.6. The number of halogens is 2. The number of nitrogens with zero attached hydrogens (tertiary/aromatic N) is 2. The monoisotopic (exact) mass is 356 g/mol. The molecular weight excluding hydrogens is 335 g/mol. The van der Waals surface area contributed by atoms with Gasteiger partial charge < -0.3 is 10.6 Å². The first-order chi connectivity index (χ1) is 10.3. The Kier molecular flexibility index (Phi) is 8.23. The van der Waals surface area contributed by atoms with Crippen molar-refractivity contribution in [1.29, 1.82) is 0 Å². The summed E-state index contributed by atoms with van der Waals surface area (Å²) in [5.41, 5.74) is 1.64. The molecule has 0 radical (unpaired) electrons. The van der Waals surface area contributed by atoms with Gasteiger partial charge in [-0.1, -0.05) is 0 Å². The van der Waals surface area contributed by atoms with E-state index in [1.165, 1.54) is 12.8 Å². The Balaban J connectivity index is 0.00000132. The van der Waals surface area contributed by atoms with Gasteiger partial charge in [-0.25, -0.2) is 0 Å². The predicted molar refractivity (Wildman–Crippen MR) is 97.5 cm³/mol. The van der Waals surface area contributed by atoms with Gasteiger partial charge in [-0.3, -0.25) is 14.8 Å². The topological polar surface area (TPSA) is 66.9 Å². The molecule has 1 fully saturated rings. The smallest absolute Gasteiger partial charge is 0.224 e. The fraction of sp³-hybridized carbons (Fsp3) is 0.438. The Labute approximate surface area is 148 Å². The van der Waals surface area contributed by atoms with E-state index in [1.807, 2.05) is 12.1 Å². The number of hydrogen-bond donors (Lipinski definition) is 2. The molecule has 1 aliphatic heterocycles. The number of aromatic nitrogens is 2. The van der Waals surface area contributed by atoms with E-state index >= 15 is 0 Å². The van der Waals surface area contributed by atoms with Crippen LogP contribution in [0, 0.1) is 5.92 Å². The van der Waals surface area contributed by atoms with Crippen LogP contribution in [-0.2, 0) is 4.79 Å². The molecule has 0 atom stereocenters. The number of rotatable bonds is 4. The van der Waals surface area contributed by atoms with Crippen molar-refractivity contribution >= 4 is 47.3 Å². The second-order valence-corrected chi connectivity index (χ2v) is 5.53. The van der Waals surface area contributed by atoms with Crippen LogP contribution in [0.1, 0.15) is 25.7 Å². The lowest BCUT2D eigenvalue weighted by Gasteiger charge is -2.22. The number of carbonyl (C=O) groups is 1. The molecule has 1 amide bonds. The second-order valence-electron chi connectivity index (χ2n) is 5.53. The quantitative estimate of drug-likeness (QED) is 0.882. The molecule has 0 aliphatic carbocycles. The zero-order chi connectivity index (χ0) is 14.5. The first-order valence-corrected chi connectivity index (χ1v) is 7.52. The van der Waals surface area contributed by atoms with E-state index in [0.717, 1.165) is 36.1 Å². The van der Waals surface area contributed by atoms with Crippen LogP contribution >= 0.6 is 24.8 Å². The van der Waals surface area contributed by atoms with E-state index in [4.69, 9.17) is 0 Å². The van der Waals surface area contributed by atoms with Gasteiger partial charge in [-0.15, -0.1) is 24.8 Å². The molecule has 2 aromatic heterocycles. The van der Waals surface area contributed by atoms with Crippen LogP contribution in [0.2, 0.25) is 0 Å². The van der Waals surface area contributed by atoms with Crippen molar-refractivity contribution in [2.24, 2.45) is 5.92 Å². The largest absolute Gasteiger partial charge is 0.325 e. The van der Waals surface area contributed by atoms with Gasteiger partial charge in [0.1, 0.15) is 0 Å². The number of carbonyl (C=O) groups excluding carboxylic acids is 1. The second kappa shape index (κ2) is 9.65. The van der Waals surface area contributed by atoms with Gasteiger partial charge in [0.15, 0.2) is 0 Å². The lowest BCUT2D eigenvalue weighted by Crippen LogP contribution is -2.28. The third-order valence-electron chi connectivity index (χ3n) is 4.06. The summed E-state index contributed by atoms with van der Waals surface area (Å²) in [5, 5.41) is 7.22. The lowest BCUT2D eigenvalue weighted by atomic mass is 9.93. The molecule has 0 aromatic carbocycles. The minimum Gasteiger partial charge on any atom is -0.325 e. The predicted octanol–water partition coefficient (Wildman–Crippen LogP) is 3.19. The molecule has 0 spiro atoms. The fourth-order valence-corrected chi connectivity index (χ4v) is 2.82. The number of fused-ring (bicyclic) bond motifs is 1. The van der Waals surface area contributed by atoms with E-state index in [-0.39, 0.29) is 30.7 Å². The van der Waals surface area contributed by atoms with Crippen LogP contribution in [0.25, 0.3) is 10.9 Å². The highest BCUT2D eigenvalue weighted by atomic mass is 35.5. The molecule has 23 heavy (non-hydrogen) atoms. The fourth-order valence-electron chi connectivity index (χ4n) is 2.82. The molecule has 5 nitrogen and oxygen atoms in total. The minimum absolute atomic E-state index is 0. The van der Waals surface area contributed by atoms with Gasteiger partial charge in [-0.05, 0) is 50.4 Å². The van der Waals surface area contributed by atoms with Gasteiger partial charge in [0.2, 0.25) is 5.91 Å². The number of amides is 1. The molecule has 7 heteroatoms. The minimum atomic E-state index is 0. The van der Waals surface area contributed by atoms with Crippen LogP contribution in [0.4, 0.5) is 5.69 Å². The number of nitrogens with one attached hydrogen (secondary N) is 2. The Morgan fingerprint density at radius 1 is 1.22 bits per heavy atom.